The lowest BCUT2D eigenvalue weighted by Crippen LogP contribution is -2.52. The van der Waals surface area contributed by atoms with Gasteiger partial charge in [-0.3, -0.25) is 4.79 Å². The molecule has 0 atom stereocenters. The minimum absolute atomic E-state index is 0.181. The normalized spacial score (nSPS) is 28.5. The van der Waals surface area contributed by atoms with Crippen molar-refractivity contribution in [3.63, 3.8) is 0 Å². The zero-order valence-electron chi connectivity index (χ0n) is 22.4. The van der Waals surface area contributed by atoms with Crippen LogP contribution in [0.25, 0.3) is 0 Å². The molecule has 0 radical (unpaired) electrons. The van der Waals surface area contributed by atoms with Crippen LogP contribution in [0, 0.1) is 22.7 Å². The molecule has 0 N–H and O–H groups in total. The summed E-state index contributed by atoms with van der Waals surface area (Å²) in [5, 5.41) is 0. The molecule has 0 heterocycles. The lowest BCUT2D eigenvalue weighted by Gasteiger charge is -2.55. The minimum atomic E-state index is -0.181. The Morgan fingerprint density at radius 3 is 1.88 bits per heavy atom. The fourth-order valence-electron chi connectivity index (χ4n) is 8.18. The zero-order chi connectivity index (χ0) is 23.4. The fourth-order valence-corrected chi connectivity index (χ4v) is 8.18. The van der Waals surface area contributed by atoms with Crippen LogP contribution < -0.4 is 0 Å². The van der Waals surface area contributed by atoms with Gasteiger partial charge in [-0.2, -0.15) is 0 Å². The third-order valence-corrected chi connectivity index (χ3v) is 10.1. The molecule has 0 bridgehead atoms. The molecule has 3 aliphatic carbocycles. The van der Waals surface area contributed by atoms with Gasteiger partial charge in [-0.25, -0.2) is 0 Å². The summed E-state index contributed by atoms with van der Waals surface area (Å²) < 4.78 is 6.14. The Morgan fingerprint density at radius 2 is 1.24 bits per heavy atom. The smallest absolute Gasteiger partial charge is 0.312 e. The summed E-state index contributed by atoms with van der Waals surface area (Å²) >= 11 is 0. The monoisotopic (exact) mass is 460 g/mol. The summed E-state index contributed by atoms with van der Waals surface area (Å²) in [7, 11) is 0. The highest BCUT2D eigenvalue weighted by Gasteiger charge is 2.57. The van der Waals surface area contributed by atoms with Crippen molar-refractivity contribution in [3.8, 4) is 0 Å². The molecule has 2 heteroatoms. The van der Waals surface area contributed by atoms with Crippen LogP contribution >= 0.6 is 0 Å². The summed E-state index contributed by atoms with van der Waals surface area (Å²) in [6.45, 7) is 5.27. The molecule has 3 rings (SSSR count). The predicted octanol–water partition coefficient (Wildman–Crippen LogP) is 9.79. The average molecular weight is 461 g/mol. The number of esters is 1. The van der Waals surface area contributed by atoms with E-state index in [1.54, 1.807) is 0 Å². The maximum Gasteiger partial charge on any atom is 0.312 e. The molecule has 0 aromatic carbocycles. The van der Waals surface area contributed by atoms with Crippen LogP contribution in [0.4, 0.5) is 0 Å². The van der Waals surface area contributed by atoms with E-state index in [4.69, 9.17) is 4.74 Å². The van der Waals surface area contributed by atoms with Gasteiger partial charge in [0.1, 0.15) is 0 Å². The lowest BCUT2D eigenvalue weighted by atomic mass is 9.49. The standard InChI is InChI=1S/C31H56O2/c1-3-5-6-7-8-9-16-26-33-29(32)31(22-14-11-15-23-31)30(21-4-2)24-19-28(20-25-30)27-17-12-10-13-18-27/h27-28H,3-26H2,1-2H3/t28-,30+. The van der Waals surface area contributed by atoms with Crippen molar-refractivity contribution >= 4 is 5.97 Å². The zero-order valence-corrected chi connectivity index (χ0v) is 22.4. The Balaban J connectivity index is 1.59. The van der Waals surface area contributed by atoms with E-state index >= 15 is 0 Å². The van der Waals surface area contributed by atoms with Crippen LogP contribution in [0.5, 0.6) is 0 Å². The van der Waals surface area contributed by atoms with Gasteiger partial charge in [-0.05, 0) is 68.6 Å². The molecule has 0 aromatic heterocycles. The van der Waals surface area contributed by atoms with Gasteiger partial charge in [0.25, 0.3) is 0 Å². The molecule has 3 saturated carbocycles. The lowest BCUT2D eigenvalue weighted by molar-refractivity contribution is -0.175. The van der Waals surface area contributed by atoms with Gasteiger partial charge in [-0.15, -0.1) is 0 Å². The first kappa shape index (κ1) is 27.1. The number of carbonyl (C=O) groups excluding carboxylic acids is 1. The number of ether oxygens (including phenoxy) is 1. The summed E-state index contributed by atoms with van der Waals surface area (Å²) in [4.78, 5) is 13.8. The first-order valence-electron chi connectivity index (χ1n) is 15.3. The Bertz CT molecular complexity index is 533. The van der Waals surface area contributed by atoms with Crippen molar-refractivity contribution in [2.75, 3.05) is 6.61 Å². The van der Waals surface area contributed by atoms with E-state index in [0.29, 0.717) is 6.61 Å². The van der Waals surface area contributed by atoms with Gasteiger partial charge in [0.05, 0.1) is 12.0 Å². The van der Waals surface area contributed by atoms with E-state index in [2.05, 4.69) is 13.8 Å². The highest BCUT2D eigenvalue weighted by atomic mass is 16.5. The van der Waals surface area contributed by atoms with Gasteiger partial charge in [-0.1, -0.05) is 110 Å². The minimum Gasteiger partial charge on any atom is -0.465 e. The Labute approximate surface area is 206 Å². The predicted molar refractivity (Wildman–Crippen MR) is 140 cm³/mol. The molecule has 0 spiro atoms. The van der Waals surface area contributed by atoms with Crippen molar-refractivity contribution < 1.29 is 9.53 Å². The molecular formula is C31H56O2. The molecule has 33 heavy (non-hydrogen) atoms. The first-order chi connectivity index (χ1) is 16.2. The Kier molecular flexibility index (Phi) is 11.6. The van der Waals surface area contributed by atoms with E-state index in [0.717, 1.165) is 31.1 Å². The fraction of sp³-hybridized carbons (Fsp3) is 0.968. The van der Waals surface area contributed by atoms with Crippen molar-refractivity contribution in [2.24, 2.45) is 22.7 Å². The van der Waals surface area contributed by atoms with Crippen molar-refractivity contribution in [2.45, 2.75) is 162 Å². The third kappa shape index (κ3) is 7.00. The molecule has 0 saturated heterocycles. The van der Waals surface area contributed by atoms with Crippen LogP contribution in [0.2, 0.25) is 0 Å². The average Bonchev–Trinajstić information content (AvgIpc) is 2.87. The topological polar surface area (TPSA) is 26.3 Å². The summed E-state index contributed by atoms with van der Waals surface area (Å²) in [5.41, 5.74) is 0.0322. The Morgan fingerprint density at radius 1 is 0.667 bits per heavy atom. The second-order valence-electron chi connectivity index (χ2n) is 12.2. The van der Waals surface area contributed by atoms with Crippen LogP contribution in [0.1, 0.15) is 162 Å². The van der Waals surface area contributed by atoms with Gasteiger partial charge >= 0.3 is 5.97 Å². The van der Waals surface area contributed by atoms with Crippen LogP contribution in [0.15, 0.2) is 0 Å². The van der Waals surface area contributed by atoms with Gasteiger partial charge < -0.3 is 4.74 Å². The molecular weight excluding hydrogens is 404 g/mol. The number of hydrogen-bond acceptors (Lipinski definition) is 2. The highest BCUT2D eigenvalue weighted by Crippen LogP contribution is 2.61. The summed E-state index contributed by atoms with van der Waals surface area (Å²) in [5.74, 6) is 2.11. The van der Waals surface area contributed by atoms with Crippen molar-refractivity contribution in [1.82, 2.24) is 0 Å². The molecule has 0 amide bonds. The van der Waals surface area contributed by atoms with E-state index in [9.17, 15) is 4.79 Å². The summed E-state index contributed by atoms with van der Waals surface area (Å²) in [6.07, 6.45) is 29.9. The SMILES string of the molecule is CCCCCCCCCOC(=O)C1([C@]2(CCC)CC[C@H](C3CCCCC3)CC2)CCCCC1. The molecule has 3 fully saturated rings. The van der Waals surface area contributed by atoms with Gasteiger partial charge in [0.2, 0.25) is 0 Å². The number of unbranched alkanes of at least 4 members (excludes halogenated alkanes) is 6. The maximum atomic E-state index is 13.8. The number of hydrogen-bond donors (Lipinski definition) is 0. The number of rotatable bonds is 13. The van der Waals surface area contributed by atoms with E-state index in [1.165, 1.54) is 128 Å². The molecule has 192 valence electrons. The molecule has 0 aromatic rings. The second-order valence-corrected chi connectivity index (χ2v) is 12.2. The maximum absolute atomic E-state index is 13.8. The van der Waals surface area contributed by atoms with E-state index in [1.807, 2.05) is 0 Å². The third-order valence-electron chi connectivity index (χ3n) is 10.1. The number of carbonyl (C=O) groups is 1. The molecule has 0 unspecified atom stereocenters. The summed E-state index contributed by atoms with van der Waals surface area (Å²) in [6, 6.07) is 0. The van der Waals surface area contributed by atoms with E-state index in [-0.39, 0.29) is 16.8 Å². The van der Waals surface area contributed by atoms with Crippen molar-refractivity contribution in [3.05, 3.63) is 0 Å². The highest BCUT2D eigenvalue weighted by molar-refractivity contribution is 5.78. The van der Waals surface area contributed by atoms with Gasteiger partial charge in [0.15, 0.2) is 0 Å². The second kappa shape index (κ2) is 14.1. The van der Waals surface area contributed by atoms with Gasteiger partial charge in [0, 0.05) is 0 Å². The molecule has 0 aliphatic heterocycles. The largest absolute Gasteiger partial charge is 0.465 e. The quantitative estimate of drug-likeness (QED) is 0.202. The van der Waals surface area contributed by atoms with Crippen molar-refractivity contribution in [1.29, 1.82) is 0 Å². The first-order valence-corrected chi connectivity index (χ1v) is 15.3. The van der Waals surface area contributed by atoms with Crippen LogP contribution in [0.3, 0.4) is 0 Å². The van der Waals surface area contributed by atoms with Crippen LogP contribution in [-0.4, -0.2) is 12.6 Å². The Hall–Kier alpha value is -0.530. The van der Waals surface area contributed by atoms with Crippen LogP contribution in [-0.2, 0) is 9.53 Å². The molecule has 2 nitrogen and oxygen atoms in total. The molecule has 3 aliphatic rings. The van der Waals surface area contributed by atoms with E-state index < -0.39 is 0 Å².